The number of likely N-dealkylation sites (tertiary alicyclic amines) is 1. The Morgan fingerprint density at radius 1 is 1.18 bits per heavy atom. The van der Waals surface area contributed by atoms with Crippen molar-refractivity contribution in [3.8, 4) is 17.0 Å². The van der Waals surface area contributed by atoms with Crippen molar-refractivity contribution in [3.63, 3.8) is 0 Å². The lowest BCUT2D eigenvalue weighted by atomic mass is 9.82. The van der Waals surface area contributed by atoms with Crippen molar-refractivity contribution in [2.75, 3.05) is 25.6 Å². The van der Waals surface area contributed by atoms with E-state index >= 15 is 0 Å². The molecular formula is C32H40N4O2S. The number of hydrogen-bond donors (Lipinski definition) is 0. The van der Waals surface area contributed by atoms with Gasteiger partial charge < -0.3 is 14.5 Å². The lowest BCUT2D eigenvalue weighted by Crippen LogP contribution is -2.51. The molecule has 7 heteroatoms. The molecule has 3 heterocycles. The largest absolute Gasteiger partial charge is 0.496 e. The maximum absolute atomic E-state index is 14.0. The highest BCUT2D eigenvalue weighted by molar-refractivity contribution is 7.08. The maximum Gasteiger partial charge on any atom is 0.254 e. The molecule has 6 nitrogen and oxygen atoms in total. The van der Waals surface area contributed by atoms with Gasteiger partial charge in [0.2, 0.25) is 0 Å². The van der Waals surface area contributed by atoms with Crippen LogP contribution in [-0.2, 0) is 11.2 Å². The summed E-state index contributed by atoms with van der Waals surface area (Å²) in [5, 5.41) is 9.08. The Hall–Kier alpha value is -3.32. The van der Waals surface area contributed by atoms with Crippen molar-refractivity contribution in [3.05, 3.63) is 70.1 Å². The third-order valence-electron chi connectivity index (χ3n) is 8.27. The summed E-state index contributed by atoms with van der Waals surface area (Å²) < 4.78 is 7.83. The summed E-state index contributed by atoms with van der Waals surface area (Å²) in [4.78, 5) is 18.2. The number of fused-ring (bicyclic) bond motifs is 1. The zero-order valence-electron chi connectivity index (χ0n) is 24.1. The van der Waals surface area contributed by atoms with Gasteiger partial charge in [0, 0.05) is 53.5 Å². The molecule has 0 atom stereocenters. The standard InChI is InChI=1S/C32H40N4O2S/c1-21(2)36-16-12-28(33-36)27-19-26-23(18-29(27)38-7)10-11-25(30(26)34(6)24-13-17-39-20-24)22(3)31(37)35-15-9-8-14-32(35,4)5/h12-13,16-21H,3,8-11,14-15H2,1-2,4-7H3. The van der Waals surface area contributed by atoms with Crippen LogP contribution in [0, 0.1) is 0 Å². The molecular weight excluding hydrogens is 504 g/mol. The number of hydrogen-bond acceptors (Lipinski definition) is 5. The Morgan fingerprint density at radius 2 is 1.97 bits per heavy atom. The Balaban J connectivity index is 1.66. The number of amides is 1. The normalized spacial score (nSPS) is 16.8. The zero-order valence-corrected chi connectivity index (χ0v) is 24.9. The van der Waals surface area contributed by atoms with E-state index in [2.05, 4.69) is 75.2 Å². The number of benzene rings is 1. The van der Waals surface area contributed by atoms with Crippen molar-refractivity contribution >= 4 is 28.6 Å². The number of nitrogens with zero attached hydrogens (tertiary/aromatic N) is 4. The summed E-state index contributed by atoms with van der Waals surface area (Å²) in [6.45, 7) is 13.8. The van der Waals surface area contributed by atoms with Crippen LogP contribution in [0.5, 0.6) is 5.75 Å². The van der Waals surface area contributed by atoms with Gasteiger partial charge in [-0.15, -0.1) is 0 Å². The molecule has 1 amide bonds. The molecule has 1 aliphatic heterocycles. The van der Waals surface area contributed by atoms with Gasteiger partial charge in [0.15, 0.2) is 0 Å². The highest BCUT2D eigenvalue weighted by Crippen LogP contribution is 2.44. The van der Waals surface area contributed by atoms with Crippen LogP contribution in [0.2, 0.25) is 0 Å². The number of aromatic nitrogens is 2. The first-order valence-corrected chi connectivity index (χ1v) is 14.8. The fourth-order valence-electron chi connectivity index (χ4n) is 5.92. The molecule has 0 unspecified atom stereocenters. The predicted molar refractivity (Wildman–Crippen MR) is 161 cm³/mol. The van der Waals surface area contributed by atoms with E-state index in [0.29, 0.717) is 5.57 Å². The van der Waals surface area contributed by atoms with E-state index in [1.807, 2.05) is 21.8 Å². The van der Waals surface area contributed by atoms with Crippen molar-refractivity contribution in [1.82, 2.24) is 14.7 Å². The molecule has 39 heavy (non-hydrogen) atoms. The minimum atomic E-state index is -0.166. The Bertz CT molecular complexity index is 1410. The smallest absolute Gasteiger partial charge is 0.254 e. The summed E-state index contributed by atoms with van der Waals surface area (Å²) >= 11 is 1.67. The molecule has 5 rings (SSSR count). The van der Waals surface area contributed by atoms with E-state index in [1.54, 1.807) is 18.4 Å². The van der Waals surface area contributed by atoms with Crippen LogP contribution in [0.3, 0.4) is 0 Å². The van der Waals surface area contributed by atoms with Gasteiger partial charge in [-0.1, -0.05) is 6.58 Å². The van der Waals surface area contributed by atoms with E-state index in [4.69, 9.17) is 9.84 Å². The number of carbonyl (C=O) groups excluding carboxylic acids is 1. The fraction of sp³-hybridized carbons (Fsp3) is 0.438. The van der Waals surface area contributed by atoms with Crippen molar-refractivity contribution < 1.29 is 9.53 Å². The van der Waals surface area contributed by atoms with Gasteiger partial charge in [-0.3, -0.25) is 9.48 Å². The molecule has 2 aromatic heterocycles. The van der Waals surface area contributed by atoms with Gasteiger partial charge >= 0.3 is 0 Å². The molecule has 1 saturated heterocycles. The summed E-state index contributed by atoms with van der Waals surface area (Å²) in [6.07, 6.45) is 6.79. The summed E-state index contributed by atoms with van der Waals surface area (Å²) in [7, 11) is 3.81. The Kier molecular flexibility index (Phi) is 7.47. The van der Waals surface area contributed by atoms with E-state index in [-0.39, 0.29) is 17.5 Å². The van der Waals surface area contributed by atoms with Crippen LogP contribution in [-0.4, -0.2) is 46.8 Å². The third kappa shape index (κ3) is 5.05. The van der Waals surface area contributed by atoms with Gasteiger partial charge in [-0.05, 0) is 101 Å². The van der Waals surface area contributed by atoms with Crippen LogP contribution in [0.4, 0.5) is 5.69 Å². The predicted octanol–water partition coefficient (Wildman–Crippen LogP) is 7.34. The van der Waals surface area contributed by atoms with Crippen LogP contribution < -0.4 is 9.64 Å². The summed E-state index contributed by atoms with van der Waals surface area (Å²) in [6, 6.07) is 8.77. The van der Waals surface area contributed by atoms with Gasteiger partial charge in [0.05, 0.1) is 24.2 Å². The fourth-order valence-corrected chi connectivity index (χ4v) is 6.59. The maximum atomic E-state index is 14.0. The number of carbonyl (C=O) groups is 1. The topological polar surface area (TPSA) is 50.6 Å². The van der Waals surface area contributed by atoms with Crippen molar-refractivity contribution in [2.24, 2.45) is 0 Å². The number of anilines is 1. The molecule has 0 bridgehead atoms. The van der Waals surface area contributed by atoms with E-state index in [1.165, 1.54) is 5.56 Å². The van der Waals surface area contributed by atoms with Gasteiger partial charge in [-0.2, -0.15) is 16.4 Å². The average molecular weight is 545 g/mol. The van der Waals surface area contributed by atoms with Crippen LogP contribution in [0.1, 0.15) is 70.5 Å². The first-order valence-electron chi connectivity index (χ1n) is 13.9. The van der Waals surface area contributed by atoms with E-state index in [9.17, 15) is 4.79 Å². The number of rotatable bonds is 7. The second-order valence-electron chi connectivity index (χ2n) is 11.6. The molecule has 0 radical (unpaired) electrons. The molecule has 0 spiro atoms. The second-order valence-corrected chi connectivity index (χ2v) is 12.3. The SMILES string of the molecule is C=C(C(=O)N1CCCCC1(C)C)C1=C(N(C)c2ccsc2)c2cc(-c3ccn(C(C)C)n3)c(OC)cc2CC1. The van der Waals surface area contributed by atoms with Crippen LogP contribution in [0.25, 0.3) is 17.0 Å². The van der Waals surface area contributed by atoms with E-state index in [0.717, 1.165) is 78.2 Å². The minimum Gasteiger partial charge on any atom is -0.496 e. The minimum absolute atomic E-state index is 0.0544. The molecule has 3 aromatic rings. The molecule has 1 fully saturated rings. The third-order valence-corrected chi connectivity index (χ3v) is 8.94. The van der Waals surface area contributed by atoms with E-state index < -0.39 is 0 Å². The highest BCUT2D eigenvalue weighted by atomic mass is 32.1. The van der Waals surface area contributed by atoms with Gasteiger partial charge in [-0.25, -0.2) is 0 Å². The number of aryl methyl sites for hydroxylation is 1. The van der Waals surface area contributed by atoms with Crippen molar-refractivity contribution in [2.45, 2.75) is 71.4 Å². The molecule has 0 saturated carbocycles. The second kappa shape index (κ2) is 10.7. The monoisotopic (exact) mass is 544 g/mol. The van der Waals surface area contributed by atoms with Crippen molar-refractivity contribution in [1.29, 1.82) is 0 Å². The number of thiophene rings is 1. The van der Waals surface area contributed by atoms with Crippen LogP contribution in [0.15, 0.2) is 58.9 Å². The molecule has 1 aliphatic carbocycles. The Morgan fingerprint density at radius 3 is 2.62 bits per heavy atom. The first-order chi connectivity index (χ1) is 18.6. The zero-order chi connectivity index (χ0) is 27.9. The highest BCUT2D eigenvalue weighted by Gasteiger charge is 2.36. The molecule has 0 N–H and O–H groups in total. The number of ether oxygens (including phenoxy) is 1. The van der Waals surface area contributed by atoms with Gasteiger partial charge in [0.1, 0.15) is 5.75 Å². The quantitative estimate of drug-likeness (QED) is 0.292. The molecule has 2 aliphatic rings. The lowest BCUT2D eigenvalue weighted by Gasteiger charge is -2.43. The first kappa shape index (κ1) is 27.3. The number of piperidine rings is 1. The molecule has 206 valence electrons. The summed E-state index contributed by atoms with van der Waals surface area (Å²) in [5.74, 6) is 0.868. The average Bonchev–Trinajstić information content (AvgIpc) is 3.63. The number of methoxy groups -OCH3 is 1. The Labute approximate surface area is 236 Å². The lowest BCUT2D eigenvalue weighted by molar-refractivity contribution is -0.133. The van der Waals surface area contributed by atoms with Gasteiger partial charge in [0.25, 0.3) is 5.91 Å². The molecule has 1 aromatic carbocycles. The van der Waals surface area contributed by atoms with Crippen LogP contribution >= 0.6 is 11.3 Å². The summed E-state index contributed by atoms with van der Waals surface area (Å²) in [5.41, 5.74) is 7.72.